The molecule has 3 aromatic rings. The maximum Gasteiger partial charge on any atom is 0.265 e. The number of aryl methyl sites for hydroxylation is 1. The highest BCUT2D eigenvalue weighted by Crippen LogP contribution is 2.33. The number of benzene rings is 2. The summed E-state index contributed by atoms with van der Waals surface area (Å²) in [6.07, 6.45) is 0. The molecule has 0 N–H and O–H groups in total. The average Bonchev–Trinajstić information content (AvgIpc) is 3.06. The van der Waals surface area contributed by atoms with Gasteiger partial charge in [-0.25, -0.2) is 0 Å². The van der Waals surface area contributed by atoms with E-state index in [-0.39, 0.29) is 19.1 Å². The van der Waals surface area contributed by atoms with E-state index in [1.807, 2.05) is 49.4 Å². The van der Waals surface area contributed by atoms with E-state index in [0.717, 1.165) is 15.6 Å². The molecule has 6 nitrogen and oxygen atoms in total. The van der Waals surface area contributed by atoms with Crippen LogP contribution >= 0.6 is 15.9 Å². The molecule has 0 spiro atoms. The van der Waals surface area contributed by atoms with Crippen LogP contribution in [0.15, 0.2) is 51.5 Å². The van der Waals surface area contributed by atoms with E-state index in [1.165, 1.54) is 0 Å². The summed E-state index contributed by atoms with van der Waals surface area (Å²) in [5.41, 5.74) is 2.63. The Morgan fingerprint density at radius 2 is 2.12 bits per heavy atom. The third-order valence-corrected chi connectivity index (χ3v) is 4.40. The molecule has 0 saturated heterocycles. The van der Waals surface area contributed by atoms with Crippen molar-refractivity contribution in [2.45, 2.75) is 13.5 Å². The quantitative estimate of drug-likeness (QED) is 0.670. The molecule has 0 radical (unpaired) electrons. The number of nitrogens with zero attached hydrogens (tertiary/aromatic N) is 3. The van der Waals surface area contributed by atoms with Gasteiger partial charge < -0.3 is 9.26 Å². The lowest BCUT2D eigenvalue weighted by molar-refractivity contribution is -0.121. The second-order valence-corrected chi connectivity index (χ2v) is 6.68. The summed E-state index contributed by atoms with van der Waals surface area (Å²) in [5, 5.41) is 4.01. The maximum absolute atomic E-state index is 12.3. The zero-order chi connectivity index (χ0) is 17.4. The first-order valence-electron chi connectivity index (χ1n) is 7.72. The fraction of sp³-hybridized carbons (Fsp3) is 0.167. The Hall–Kier alpha value is -2.67. The summed E-state index contributed by atoms with van der Waals surface area (Å²) in [4.78, 5) is 18.3. The fourth-order valence-corrected chi connectivity index (χ4v) is 3.08. The van der Waals surface area contributed by atoms with E-state index in [4.69, 9.17) is 9.26 Å². The van der Waals surface area contributed by atoms with Gasteiger partial charge in [0, 0.05) is 10.0 Å². The summed E-state index contributed by atoms with van der Waals surface area (Å²) in [7, 11) is 0. The molecule has 0 fully saturated rings. The minimum Gasteiger partial charge on any atom is -0.482 e. The largest absolute Gasteiger partial charge is 0.482 e. The number of carbonyl (C=O) groups excluding carboxylic acids is 1. The summed E-state index contributed by atoms with van der Waals surface area (Å²) in [5.74, 6) is 1.41. The highest BCUT2D eigenvalue weighted by atomic mass is 79.9. The molecule has 1 aromatic heterocycles. The number of hydrogen-bond donors (Lipinski definition) is 0. The molecule has 1 aliphatic rings. The fourth-order valence-electron chi connectivity index (χ4n) is 2.68. The molecule has 0 saturated carbocycles. The van der Waals surface area contributed by atoms with E-state index >= 15 is 0 Å². The Morgan fingerprint density at radius 3 is 2.96 bits per heavy atom. The van der Waals surface area contributed by atoms with Gasteiger partial charge in [0.2, 0.25) is 11.7 Å². The van der Waals surface area contributed by atoms with Crippen molar-refractivity contribution in [3.05, 3.63) is 58.4 Å². The van der Waals surface area contributed by atoms with Crippen LogP contribution < -0.4 is 9.64 Å². The Labute approximate surface area is 152 Å². The third-order valence-electron chi connectivity index (χ3n) is 3.90. The van der Waals surface area contributed by atoms with Gasteiger partial charge in [0.05, 0.1) is 5.69 Å². The minimum absolute atomic E-state index is 0.00306. The van der Waals surface area contributed by atoms with Crippen molar-refractivity contribution in [3.63, 3.8) is 0 Å². The second kappa shape index (κ2) is 6.33. The summed E-state index contributed by atoms with van der Waals surface area (Å²) >= 11 is 3.42. The van der Waals surface area contributed by atoms with Gasteiger partial charge in [-0.3, -0.25) is 9.69 Å². The molecule has 0 unspecified atom stereocenters. The van der Waals surface area contributed by atoms with Crippen LogP contribution in [-0.2, 0) is 11.3 Å². The molecule has 25 heavy (non-hydrogen) atoms. The first kappa shape index (κ1) is 15.8. The van der Waals surface area contributed by atoms with Crippen molar-refractivity contribution in [2.24, 2.45) is 0 Å². The molecular formula is C18H14BrN3O3. The number of anilines is 1. The second-order valence-electron chi connectivity index (χ2n) is 5.76. The number of aromatic nitrogens is 2. The summed E-state index contributed by atoms with van der Waals surface area (Å²) in [6, 6.07) is 13.4. The Morgan fingerprint density at radius 1 is 1.24 bits per heavy atom. The monoisotopic (exact) mass is 399 g/mol. The van der Waals surface area contributed by atoms with Gasteiger partial charge in [0.15, 0.2) is 6.61 Å². The number of carbonyl (C=O) groups is 1. The Kier molecular flexibility index (Phi) is 4.01. The van der Waals surface area contributed by atoms with Gasteiger partial charge in [0.25, 0.3) is 5.91 Å². The zero-order valence-electron chi connectivity index (χ0n) is 13.4. The molecule has 0 atom stereocenters. The van der Waals surface area contributed by atoms with E-state index < -0.39 is 0 Å². The number of hydrogen-bond acceptors (Lipinski definition) is 5. The molecule has 1 amide bonds. The van der Waals surface area contributed by atoms with E-state index in [1.54, 1.807) is 4.90 Å². The Balaban J connectivity index is 1.62. The first-order valence-corrected chi connectivity index (χ1v) is 8.52. The van der Waals surface area contributed by atoms with Gasteiger partial charge in [-0.05, 0) is 36.8 Å². The SMILES string of the molecule is Cc1ccc2c(c1)OCC(=O)N2Cc1nc(-c2cccc(Br)c2)no1. The van der Waals surface area contributed by atoms with Crippen LogP contribution in [0.25, 0.3) is 11.4 Å². The van der Waals surface area contributed by atoms with E-state index in [2.05, 4.69) is 26.1 Å². The van der Waals surface area contributed by atoms with Crippen LogP contribution in [0.1, 0.15) is 11.5 Å². The lowest BCUT2D eigenvalue weighted by Crippen LogP contribution is -2.38. The van der Waals surface area contributed by atoms with Crippen LogP contribution in [0.4, 0.5) is 5.69 Å². The molecule has 7 heteroatoms. The highest BCUT2D eigenvalue weighted by molar-refractivity contribution is 9.10. The minimum atomic E-state index is -0.140. The van der Waals surface area contributed by atoms with Gasteiger partial charge in [-0.2, -0.15) is 4.98 Å². The third kappa shape index (κ3) is 3.15. The number of halogens is 1. The highest BCUT2D eigenvalue weighted by Gasteiger charge is 2.27. The molecule has 4 rings (SSSR count). The van der Waals surface area contributed by atoms with Crippen LogP contribution in [0, 0.1) is 6.92 Å². The molecular weight excluding hydrogens is 386 g/mol. The van der Waals surface area contributed by atoms with E-state index in [0.29, 0.717) is 23.2 Å². The van der Waals surface area contributed by atoms with Crippen LogP contribution in [-0.4, -0.2) is 22.7 Å². The van der Waals surface area contributed by atoms with Crippen LogP contribution in [0.3, 0.4) is 0 Å². The number of amides is 1. The average molecular weight is 400 g/mol. The van der Waals surface area contributed by atoms with Gasteiger partial charge in [-0.15, -0.1) is 0 Å². The summed E-state index contributed by atoms with van der Waals surface area (Å²) in [6.45, 7) is 2.19. The topological polar surface area (TPSA) is 68.5 Å². The van der Waals surface area contributed by atoms with Crippen molar-refractivity contribution in [2.75, 3.05) is 11.5 Å². The predicted molar refractivity (Wildman–Crippen MR) is 95.3 cm³/mol. The molecule has 1 aliphatic heterocycles. The number of rotatable bonds is 3. The molecule has 126 valence electrons. The molecule has 2 aromatic carbocycles. The Bertz CT molecular complexity index is 954. The van der Waals surface area contributed by atoms with Crippen LogP contribution in [0.2, 0.25) is 0 Å². The van der Waals surface area contributed by atoms with Crippen LogP contribution in [0.5, 0.6) is 5.75 Å². The zero-order valence-corrected chi connectivity index (χ0v) is 15.0. The first-order chi connectivity index (χ1) is 12.1. The lowest BCUT2D eigenvalue weighted by Gasteiger charge is -2.28. The summed E-state index contributed by atoms with van der Waals surface area (Å²) < 4.78 is 11.8. The van der Waals surface area contributed by atoms with E-state index in [9.17, 15) is 4.79 Å². The molecule has 0 bridgehead atoms. The normalized spacial score (nSPS) is 13.5. The lowest BCUT2D eigenvalue weighted by atomic mass is 10.1. The maximum atomic E-state index is 12.3. The van der Waals surface area contributed by atoms with Crippen molar-refractivity contribution in [3.8, 4) is 17.1 Å². The standard InChI is InChI=1S/C18H14BrN3O3/c1-11-5-6-14-15(7-11)24-10-17(23)22(14)9-16-20-18(21-25-16)12-3-2-4-13(19)8-12/h2-8H,9-10H2,1H3. The smallest absolute Gasteiger partial charge is 0.265 e. The van der Waals surface area contributed by atoms with Crippen molar-refractivity contribution >= 4 is 27.5 Å². The van der Waals surface area contributed by atoms with Gasteiger partial charge >= 0.3 is 0 Å². The number of fused-ring (bicyclic) bond motifs is 1. The number of ether oxygens (including phenoxy) is 1. The van der Waals surface area contributed by atoms with Crippen molar-refractivity contribution in [1.82, 2.24) is 10.1 Å². The molecule has 2 heterocycles. The van der Waals surface area contributed by atoms with Gasteiger partial charge in [-0.1, -0.05) is 39.3 Å². The van der Waals surface area contributed by atoms with Crippen molar-refractivity contribution in [1.29, 1.82) is 0 Å². The van der Waals surface area contributed by atoms with Crippen molar-refractivity contribution < 1.29 is 14.1 Å². The molecule has 0 aliphatic carbocycles. The predicted octanol–water partition coefficient (Wildman–Crippen LogP) is 3.73. The van der Waals surface area contributed by atoms with Gasteiger partial charge in [0.1, 0.15) is 12.3 Å².